The molecule has 0 rings (SSSR count). The summed E-state index contributed by atoms with van der Waals surface area (Å²) in [4.78, 5) is 38.1. The normalized spacial score (nSPS) is 12.2. The van der Waals surface area contributed by atoms with Crippen molar-refractivity contribution in [2.24, 2.45) is 0 Å². The van der Waals surface area contributed by atoms with Crippen molar-refractivity contribution in [1.29, 1.82) is 0 Å². The largest absolute Gasteiger partial charge is 0.462 e. The molecule has 0 radical (unpaired) electrons. The molecule has 0 aliphatic rings. The van der Waals surface area contributed by atoms with Crippen LogP contribution in [0.5, 0.6) is 0 Å². The van der Waals surface area contributed by atoms with E-state index in [-0.39, 0.29) is 31.1 Å². The first-order valence-electron chi connectivity index (χ1n) is 29.5. The molecule has 0 fully saturated rings. The van der Waals surface area contributed by atoms with Gasteiger partial charge in [0.25, 0.3) is 0 Å². The number of allylic oxidation sites excluding steroid dienone is 6. The van der Waals surface area contributed by atoms with Crippen molar-refractivity contribution in [2.45, 2.75) is 322 Å². The number of esters is 3. The van der Waals surface area contributed by atoms with E-state index in [1.165, 1.54) is 205 Å². The van der Waals surface area contributed by atoms with Crippen LogP contribution >= 0.6 is 0 Å². The molecule has 0 aromatic heterocycles. The van der Waals surface area contributed by atoms with Crippen molar-refractivity contribution in [3.63, 3.8) is 0 Å². The number of carbonyl (C=O) groups excluding carboxylic acids is 3. The minimum absolute atomic E-state index is 0.0762. The average Bonchev–Trinajstić information content (AvgIpc) is 3.33. The van der Waals surface area contributed by atoms with E-state index in [4.69, 9.17) is 14.2 Å². The van der Waals surface area contributed by atoms with Gasteiger partial charge in [-0.15, -0.1) is 0 Å². The zero-order valence-corrected chi connectivity index (χ0v) is 44.9. The molecular weight excluding hydrogens is 829 g/mol. The van der Waals surface area contributed by atoms with Gasteiger partial charge in [0.2, 0.25) is 0 Å². The molecular formula is C61H112O6. The van der Waals surface area contributed by atoms with Crippen LogP contribution in [0.1, 0.15) is 316 Å². The summed E-state index contributed by atoms with van der Waals surface area (Å²) in [6, 6.07) is 0. The quantitative estimate of drug-likeness (QED) is 0.0262. The van der Waals surface area contributed by atoms with Crippen LogP contribution in [-0.2, 0) is 28.6 Å². The van der Waals surface area contributed by atoms with Crippen molar-refractivity contribution in [3.05, 3.63) is 36.5 Å². The van der Waals surface area contributed by atoms with Gasteiger partial charge < -0.3 is 14.2 Å². The highest BCUT2D eigenvalue weighted by atomic mass is 16.6. The van der Waals surface area contributed by atoms with Crippen LogP contribution in [0.2, 0.25) is 0 Å². The van der Waals surface area contributed by atoms with Crippen molar-refractivity contribution in [1.82, 2.24) is 0 Å². The first-order valence-corrected chi connectivity index (χ1v) is 29.5. The number of hydrogen-bond acceptors (Lipinski definition) is 6. The fraction of sp³-hybridized carbons (Fsp3) is 0.852. The highest BCUT2D eigenvalue weighted by Crippen LogP contribution is 2.16. The molecule has 6 heteroatoms. The third-order valence-electron chi connectivity index (χ3n) is 13.1. The summed E-state index contributed by atoms with van der Waals surface area (Å²) in [5.41, 5.74) is 0. The highest BCUT2D eigenvalue weighted by Gasteiger charge is 2.19. The van der Waals surface area contributed by atoms with Gasteiger partial charge >= 0.3 is 17.9 Å². The molecule has 0 bridgehead atoms. The van der Waals surface area contributed by atoms with E-state index in [1.54, 1.807) is 0 Å². The maximum absolute atomic E-state index is 12.8. The van der Waals surface area contributed by atoms with E-state index in [0.29, 0.717) is 19.3 Å². The zero-order valence-electron chi connectivity index (χ0n) is 44.9. The van der Waals surface area contributed by atoms with Crippen molar-refractivity contribution >= 4 is 17.9 Å². The standard InChI is InChI=1S/C61H112O6/c1-4-7-10-13-16-19-22-25-27-28-29-30-31-32-33-34-35-37-39-42-45-48-51-54-60(63)66-57-58(56-65-59(62)53-50-47-44-41-38-24-21-18-15-12-9-6-3)67-61(64)55-52-49-46-43-40-36-26-23-20-17-14-11-8-5-2/h18,21,23,26,28-29,58H,4-17,19-20,22,24-25,27,30-57H2,1-3H3/b21-18-,26-23-,29-28-. The topological polar surface area (TPSA) is 78.9 Å². The van der Waals surface area contributed by atoms with E-state index in [9.17, 15) is 14.4 Å². The smallest absolute Gasteiger partial charge is 0.306 e. The van der Waals surface area contributed by atoms with Gasteiger partial charge in [0.05, 0.1) is 0 Å². The van der Waals surface area contributed by atoms with Crippen LogP contribution < -0.4 is 0 Å². The Kier molecular flexibility index (Phi) is 54.2. The number of carbonyl (C=O) groups is 3. The van der Waals surface area contributed by atoms with Crippen LogP contribution in [0.4, 0.5) is 0 Å². The molecule has 0 saturated heterocycles. The summed E-state index contributed by atoms with van der Waals surface area (Å²) in [5.74, 6) is -0.880. The number of unbranched alkanes of at least 4 members (excludes halogenated alkanes) is 37. The van der Waals surface area contributed by atoms with Crippen LogP contribution in [0.25, 0.3) is 0 Å². The van der Waals surface area contributed by atoms with E-state index in [0.717, 1.165) is 70.6 Å². The summed E-state index contributed by atoms with van der Waals surface area (Å²) in [7, 11) is 0. The fourth-order valence-corrected chi connectivity index (χ4v) is 8.60. The third-order valence-corrected chi connectivity index (χ3v) is 13.1. The first-order chi connectivity index (χ1) is 33.0. The molecule has 0 heterocycles. The molecule has 1 unspecified atom stereocenters. The predicted octanol–water partition coefficient (Wildman–Crippen LogP) is 19.7. The molecule has 0 amide bonds. The number of ether oxygens (including phenoxy) is 3. The third kappa shape index (κ3) is 54.4. The lowest BCUT2D eigenvalue weighted by Crippen LogP contribution is -2.30. The summed E-state index contributed by atoms with van der Waals surface area (Å²) in [6.07, 6.45) is 67.1. The minimum Gasteiger partial charge on any atom is -0.462 e. The van der Waals surface area contributed by atoms with Gasteiger partial charge in [0.1, 0.15) is 13.2 Å². The van der Waals surface area contributed by atoms with Crippen molar-refractivity contribution in [2.75, 3.05) is 13.2 Å². The Bertz CT molecular complexity index is 1130. The molecule has 67 heavy (non-hydrogen) atoms. The monoisotopic (exact) mass is 941 g/mol. The highest BCUT2D eigenvalue weighted by molar-refractivity contribution is 5.71. The van der Waals surface area contributed by atoms with E-state index >= 15 is 0 Å². The molecule has 0 aromatic rings. The first kappa shape index (κ1) is 64.6. The van der Waals surface area contributed by atoms with Crippen molar-refractivity contribution < 1.29 is 28.6 Å². The summed E-state index contributed by atoms with van der Waals surface area (Å²) >= 11 is 0. The Morgan fingerprint density at radius 3 is 0.776 bits per heavy atom. The van der Waals surface area contributed by atoms with Gasteiger partial charge in [0, 0.05) is 19.3 Å². The Morgan fingerprint density at radius 2 is 0.493 bits per heavy atom. The minimum atomic E-state index is -0.778. The molecule has 0 N–H and O–H groups in total. The van der Waals surface area contributed by atoms with Gasteiger partial charge in [-0.25, -0.2) is 0 Å². The summed E-state index contributed by atoms with van der Waals surface area (Å²) in [6.45, 7) is 6.63. The predicted molar refractivity (Wildman–Crippen MR) is 289 cm³/mol. The second-order valence-electron chi connectivity index (χ2n) is 19.9. The van der Waals surface area contributed by atoms with Gasteiger partial charge in [-0.2, -0.15) is 0 Å². The molecule has 0 aliphatic carbocycles. The summed E-state index contributed by atoms with van der Waals surface area (Å²) in [5, 5.41) is 0. The van der Waals surface area contributed by atoms with Crippen LogP contribution in [-0.4, -0.2) is 37.2 Å². The van der Waals surface area contributed by atoms with Crippen LogP contribution in [0.15, 0.2) is 36.5 Å². The Hall–Kier alpha value is -2.37. The lowest BCUT2D eigenvalue weighted by Gasteiger charge is -2.18. The molecule has 6 nitrogen and oxygen atoms in total. The average molecular weight is 942 g/mol. The maximum Gasteiger partial charge on any atom is 0.306 e. The Labute approximate surface area is 416 Å². The Morgan fingerprint density at radius 1 is 0.284 bits per heavy atom. The van der Waals surface area contributed by atoms with Gasteiger partial charge in [0.15, 0.2) is 6.10 Å². The molecule has 1 atom stereocenters. The van der Waals surface area contributed by atoms with E-state index in [1.807, 2.05) is 0 Å². The van der Waals surface area contributed by atoms with Crippen LogP contribution in [0, 0.1) is 0 Å². The summed E-state index contributed by atoms with van der Waals surface area (Å²) < 4.78 is 16.8. The number of hydrogen-bond donors (Lipinski definition) is 0. The van der Waals surface area contributed by atoms with Crippen LogP contribution in [0.3, 0.4) is 0 Å². The SMILES string of the molecule is CCCCC/C=C\CCCCCCCC(=O)OCC(COC(=O)CCCCCCCCCCCCC/C=C\CCCCCCCCCC)OC(=O)CCCCCCC/C=C\CCCCCCC. The molecule has 0 saturated carbocycles. The molecule has 0 aliphatic heterocycles. The molecule has 0 aromatic carbocycles. The molecule has 392 valence electrons. The molecule has 0 spiro atoms. The second-order valence-corrected chi connectivity index (χ2v) is 19.9. The second kappa shape index (κ2) is 56.2. The van der Waals surface area contributed by atoms with E-state index < -0.39 is 6.10 Å². The Balaban J connectivity index is 4.26. The van der Waals surface area contributed by atoms with Gasteiger partial charge in [-0.05, 0) is 96.3 Å². The number of rotatable bonds is 54. The zero-order chi connectivity index (χ0) is 48.6. The van der Waals surface area contributed by atoms with Gasteiger partial charge in [-0.3, -0.25) is 14.4 Å². The lowest BCUT2D eigenvalue weighted by molar-refractivity contribution is -0.167. The van der Waals surface area contributed by atoms with Gasteiger partial charge in [-0.1, -0.05) is 237 Å². The maximum atomic E-state index is 12.8. The van der Waals surface area contributed by atoms with E-state index in [2.05, 4.69) is 57.2 Å². The fourth-order valence-electron chi connectivity index (χ4n) is 8.60. The lowest BCUT2D eigenvalue weighted by atomic mass is 10.0. The van der Waals surface area contributed by atoms with Crippen molar-refractivity contribution in [3.8, 4) is 0 Å².